The fraction of sp³-hybridized carbons (Fsp3) is 0.604. The molecular weight excluding hydrogens is 766 g/mol. The minimum absolute atomic E-state index is 0.178. The van der Waals surface area contributed by atoms with Crippen molar-refractivity contribution in [2.45, 2.75) is 128 Å². The van der Waals surface area contributed by atoms with Gasteiger partial charge in [-0.1, -0.05) is 31.5 Å². The number of piperidine rings is 1. The molecule has 5 aliphatic rings. The zero-order valence-electron chi connectivity index (χ0n) is 35.8. The number of esters is 1. The summed E-state index contributed by atoms with van der Waals surface area (Å²) in [4.78, 5) is 33.1. The number of anilines is 1. The summed E-state index contributed by atoms with van der Waals surface area (Å²) in [5, 5.41) is 4.20. The molecular formula is C48H62ClN3O7. The molecule has 2 fully saturated rings. The van der Waals surface area contributed by atoms with Gasteiger partial charge in [-0.2, -0.15) is 0 Å². The van der Waals surface area contributed by atoms with Gasteiger partial charge in [-0.05, 0) is 162 Å². The molecule has 11 heteroatoms. The van der Waals surface area contributed by atoms with E-state index in [1.165, 1.54) is 35.9 Å². The van der Waals surface area contributed by atoms with E-state index >= 15 is 0 Å². The van der Waals surface area contributed by atoms with E-state index in [0.717, 1.165) is 74.3 Å². The van der Waals surface area contributed by atoms with Gasteiger partial charge in [-0.15, -0.1) is 0 Å². The predicted molar refractivity (Wildman–Crippen MR) is 229 cm³/mol. The third-order valence-corrected chi connectivity index (χ3v) is 14.3. The van der Waals surface area contributed by atoms with Crippen molar-refractivity contribution in [3.8, 4) is 17.2 Å². The summed E-state index contributed by atoms with van der Waals surface area (Å²) < 4.78 is 31.2. The lowest BCUT2D eigenvalue weighted by Crippen LogP contribution is -2.53. The molecule has 1 saturated heterocycles. The van der Waals surface area contributed by atoms with Crippen LogP contribution in [0.15, 0.2) is 48.7 Å². The van der Waals surface area contributed by atoms with Crippen molar-refractivity contribution < 1.29 is 33.3 Å². The molecule has 1 aromatic heterocycles. The van der Waals surface area contributed by atoms with Gasteiger partial charge in [0.15, 0.2) is 11.5 Å². The van der Waals surface area contributed by atoms with Crippen molar-refractivity contribution in [2.75, 3.05) is 45.3 Å². The van der Waals surface area contributed by atoms with Crippen LogP contribution >= 0.6 is 11.6 Å². The molecule has 1 N–H and O–H groups in total. The first-order valence-corrected chi connectivity index (χ1v) is 22.2. The monoisotopic (exact) mass is 827 g/mol. The maximum Gasteiger partial charge on any atom is 0.410 e. The van der Waals surface area contributed by atoms with E-state index in [0.29, 0.717) is 68.5 Å². The normalized spacial score (nSPS) is 26.3. The second kappa shape index (κ2) is 16.4. The number of ether oxygens (including phenoxy) is 5. The van der Waals surface area contributed by atoms with Crippen LogP contribution in [0.1, 0.15) is 121 Å². The topological polar surface area (TPSA) is 108 Å². The lowest BCUT2D eigenvalue weighted by molar-refractivity contribution is -0.148. The Morgan fingerprint density at radius 3 is 2.44 bits per heavy atom. The summed E-state index contributed by atoms with van der Waals surface area (Å²) in [6, 6.07) is 14.1. The van der Waals surface area contributed by atoms with Gasteiger partial charge in [-0.25, -0.2) is 9.59 Å². The van der Waals surface area contributed by atoms with Crippen LogP contribution < -0.4 is 19.5 Å². The number of pyridine rings is 1. The van der Waals surface area contributed by atoms with Crippen molar-refractivity contribution >= 4 is 29.4 Å². The standard InChI is InChI=1S/C48H62ClN3O7/c1-31(28-56-39-13-20-50-38-12-7-9-32(2)42(38)39)23-34-24-33-25-40-41(58-30-46(29-57-40)18-21-52(22-19-46)44(54)59-45(3,4)5)27-37(33)47(34)14-16-48(17-15-47,43(53)55-6)51-36-11-8-10-35(49)26-36/h8,10-11,13,20,25-27,31-32,34,51H,7,9,12,14-19,21-24,28-30H2,1-6H3/t31-,32-,34+,47?,48?/m1/s1. The number of benzene rings is 2. The Balaban J connectivity index is 1.04. The molecule has 3 aromatic rings. The Morgan fingerprint density at radius 2 is 1.75 bits per heavy atom. The number of aryl methyl sites for hydroxylation is 1. The first kappa shape index (κ1) is 41.5. The molecule has 3 atom stereocenters. The number of aromatic nitrogens is 1. The summed E-state index contributed by atoms with van der Waals surface area (Å²) >= 11 is 6.40. The SMILES string of the molecule is COC(=O)C1(Nc2cccc(Cl)c2)CCC2(CC1)c1cc3c(cc1C[C@@H]2C[C@@H](C)COc1ccnc2c1[C@H](C)CCC2)OCC1(CCN(C(=O)OC(C)(C)C)CC1)CO3. The molecule has 2 spiro atoms. The highest BCUT2D eigenvalue weighted by atomic mass is 35.5. The van der Waals surface area contributed by atoms with Crippen LogP contribution in [-0.2, 0) is 32.5 Å². The van der Waals surface area contributed by atoms with Gasteiger partial charge in [0, 0.05) is 46.7 Å². The van der Waals surface area contributed by atoms with Gasteiger partial charge in [-0.3, -0.25) is 4.98 Å². The van der Waals surface area contributed by atoms with Gasteiger partial charge in [0.2, 0.25) is 0 Å². The summed E-state index contributed by atoms with van der Waals surface area (Å²) in [7, 11) is 1.48. The summed E-state index contributed by atoms with van der Waals surface area (Å²) in [5.74, 6) is 3.38. The number of carbonyl (C=O) groups excluding carboxylic acids is 2. The molecule has 1 amide bonds. The highest BCUT2D eigenvalue weighted by Gasteiger charge is 2.55. The Labute approximate surface area is 355 Å². The largest absolute Gasteiger partial charge is 0.493 e. The van der Waals surface area contributed by atoms with Gasteiger partial charge >= 0.3 is 12.1 Å². The smallest absolute Gasteiger partial charge is 0.410 e. The van der Waals surface area contributed by atoms with Crippen molar-refractivity contribution in [3.05, 3.63) is 76.1 Å². The maximum absolute atomic E-state index is 13.7. The molecule has 59 heavy (non-hydrogen) atoms. The third-order valence-electron chi connectivity index (χ3n) is 14.1. The summed E-state index contributed by atoms with van der Waals surface area (Å²) in [6.07, 6.45) is 11.3. The van der Waals surface area contributed by atoms with Crippen LogP contribution in [0, 0.1) is 17.3 Å². The molecule has 2 aromatic carbocycles. The lowest BCUT2D eigenvalue weighted by Gasteiger charge is -2.47. The third kappa shape index (κ3) is 8.44. The van der Waals surface area contributed by atoms with E-state index in [2.05, 4.69) is 31.3 Å². The van der Waals surface area contributed by atoms with Crippen LogP contribution in [0.4, 0.5) is 10.5 Å². The van der Waals surface area contributed by atoms with Crippen LogP contribution in [0.3, 0.4) is 0 Å². The number of fused-ring (bicyclic) bond motifs is 4. The molecule has 8 rings (SSSR count). The second-order valence-corrected chi connectivity index (χ2v) is 19.8. The first-order valence-electron chi connectivity index (χ1n) is 21.8. The minimum Gasteiger partial charge on any atom is -0.493 e. The minimum atomic E-state index is -0.879. The van der Waals surface area contributed by atoms with Gasteiger partial charge in [0.05, 0.1) is 26.9 Å². The fourth-order valence-electron chi connectivity index (χ4n) is 10.8. The number of carbonyl (C=O) groups is 2. The van der Waals surface area contributed by atoms with Crippen LogP contribution in [0.5, 0.6) is 17.2 Å². The molecule has 0 unspecified atom stereocenters. The molecule has 318 valence electrons. The average Bonchev–Trinajstić information content (AvgIpc) is 3.36. The van der Waals surface area contributed by atoms with Crippen molar-refractivity contribution in [1.29, 1.82) is 0 Å². The van der Waals surface area contributed by atoms with Gasteiger partial charge in [0.1, 0.15) is 16.9 Å². The van der Waals surface area contributed by atoms with Crippen LogP contribution in [0.25, 0.3) is 0 Å². The quantitative estimate of drug-likeness (QED) is 0.222. The molecule has 10 nitrogen and oxygen atoms in total. The zero-order chi connectivity index (χ0) is 41.6. The zero-order valence-corrected chi connectivity index (χ0v) is 36.6. The van der Waals surface area contributed by atoms with Gasteiger partial charge < -0.3 is 33.9 Å². The number of nitrogens with zero attached hydrogens (tertiary/aromatic N) is 2. The molecule has 3 aliphatic carbocycles. The maximum atomic E-state index is 13.7. The molecule has 0 radical (unpaired) electrons. The van der Waals surface area contributed by atoms with Gasteiger partial charge in [0.25, 0.3) is 0 Å². The Kier molecular flexibility index (Phi) is 11.5. The Bertz CT molecular complexity index is 2030. The number of amides is 1. The number of likely N-dealkylation sites (tertiary alicyclic amines) is 1. The lowest BCUT2D eigenvalue weighted by atomic mass is 9.59. The van der Waals surface area contributed by atoms with E-state index < -0.39 is 11.1 Å². The first-order chi connectivity index (χ1) is 28.2. The van der Waals surface area contributed by atoms with E-state index in [1.807, 2.05) is 62.2 Å². The number of hydrogen-bond acceptors (Lipinski definition) is 9. The highest BCUT2D eigenvalue weighted by Crippen LogP contribution is 2.58. The number of methoxy groups -OCH3 is 1. The predicted octanol–water partition coefficient (Wildman–Crippen LogP) is 10.1. The number of halogens is 1. The summed E-state index contributed by atoms with van der Waals surface area (Å²) in [5.41, 5.74) is 4.10. The molecule has 0 bridgehead atoms. The van der Waals surface area contributed by atoms with Crippen LogP contribution in [-0.4, -0.2) is 73.1 Å². The number of hydrogen-bond donors (Lipinski definition) is 1. The van der Waals surface area contributed by atoms with Crippen molar-refractivity contribution in [3.63, 3.8) is 0 Å². The second-order valence-electron chi connectivity index (χ2n) is 19.4. The van der Waals surface area contributed by atoms with Crippen LogP contribution in [0.2, 0.25) is 5.02 Å². The average molecular weight is 828 g/mol. The molecule has 2 aliphatic heterocycles. The number of nitrogens with one attached hydrogen (secondary N) is 1. The van der Waals surface area contributed by atoms with E-state index in [4.69, 9.17) is 40.3 Å². The highest BCUT2D eigenvalue weighted by molar-refractivity contribution is 6.30. The van der Waals surface area contributed by atoms with E-state index in [1.54, 1.807) is 0 Å². The summed E-state index contributed by atoms with van der Waals surface area (Å²) in [6.45, 7) is 13.2. The van der Waals surface area contributed by atoms with Crippen molar-refractivity contribution in [1.82, 2.24) is 9.88 Å². The number of rotatable bonds is 8. The Hall–Kier alpha value is -4.18. The molecule has 3 heterocycles. The molecule has 1 saturated carbocycles. The van der Waals surface area contributed by atoms with E-state index in [-0.39, 0.29) is 22.9 Å². The van der Waals surface area contributed by atoms with Crippen molar-refractivity contribution in [2.24, 2.45) is 17.3 Å². The fourth-order valence-corrected chi connectivity index (χ4v) is 11.0. The Morgan fingerprint density at radius 1 is 1.02 bits per heavy atom. The van der Waals surface area contributed by atoms with E-state index in [9.17, 15) is 9.59 Å².